The van der Waals surface area contributed by atoms with Crippen LogP contribution in [0.2, 0.25) is 0 Å². The number of benzene rings is 1. The molecule has 1 fully saturated rings. The molecule has 2 rings (SSSR count). The fourth-order valence-electron chi connectivity index (χ4n) is 2.04. The molecule has 0 spiro atoms. The topological polar surface area (TPSA) is 45.7 Å². The maximum atomic E-state index is 5.66. The highest BCUT2D eigenvalue weighted by molar-refractivity contribution is 5.80. The Morgan fingerprint density at radius 3 is 2.76 bits per heavy atom. The molecule has 0 saturated heterocycles. The van der Waals surface area contributed by atoms with Crippen LogP contribution < -0.4 is 10.6 Å². The van der Waals surface area contributed by atoms with Crippen LogP contribution in [0.25, 0.3) is 0 Å². The molecule has 0 heterocycles. The molecule has 4 heteroatoms. The van der Waals surface area contributed by atoms with E-state index in [4.69, 9.17) is 4.74 Å². The van der Waals surface area contributed by atoms with E-state index >= 15 is 0 Å². The molecule has 21 heavy (non-hydrogen) atoms. The van der Waals surface area contributed by atoms with Gasteiger partial charge in [-0.2, -0.15) is 0 Å². The fourth-order valence-corrected chi connectivity index (χ4v) is 2.04. The summed E-state index contributed by atoms with van der Waals surface area (Å²) in [5, 5.41) is 6.69. The van der Waals surface area contributed by atoms with Crippen LogP contribution in [0.5, 0.6) is 0 Å². The summed E-state index contributed by atoms with van der Waals surface area (Å²) in [5.41, 5.74) is 1.33. The highest BCUT2D eigenvalue weighted by atomic mass is 16.5. The van der Waals surface area contributed by atoms with E-state index in [1.807, 2.05) is 6.07 Å². The predicted octanol–water partition coefficient (Wildman–Crippen LogP) is 2.35. The van der Waals surface area contributed by atoms with Crippen LogP contribution in [0.3, 0.4) is 0 Å². The molecule has 0 amide bonds. The zero-order chi connectivity index (χ0) is 14.8. The van der Waals surface area contributed by atoms with Gasteiger partial charge in [-0.15, -0.1) is 0 Å². The summed E-state index contributed by atoms with van der Waals surface area (Å²) in [6, 6.07) is 11.1. The van der Waals surface area contributed by atoms with Gasteiger partial charge in [0.25, 0.3) is 0 Å². The second-order valence-electron chi connectivity index (χ2n) is 5.38. The van der Waals surface area contributed by atoms with Crippen molar-refractivity contribution in [3.8, 4) is 0 Å². The van der Waals surface area contributed by atoms with E-state index in [-0.39, 0.29) is 0 Å². The van der Waals surface area contributed by atoms with Crippen LogP contribution in [0, 0.1) is 0 Å². The molecule has 1 aliphatic carbocycles. The monoisotopic (exact) mass is 289 g/mol. The maximum Gasteiger partial charge on any atom is 0.191 e. The van der Waals surface area contributed by atoms with Crippen molar-refractivity contribution < 1.29 is 4.74 Å². The van der Waals surface area contributed by atoms with Gasteiger partial charge in [0, 0.05) is 25.7 Å². The van der Waals surface area contributed by atoms with Crippen LogP contribution in [0.15, 0.2) is 35.3 Å². The average Bonchev–Trinajstić information content (AvgIpc) is 3.31. The van der Waals surface area contributed by atoms with Gasteiger partial charge in [-0.1, -0.05) is 30.3 Å². The smallest absolute Gasteiger partial charge is 0.191 e. The lowest BCUT2D eigenvalue weighted by Crippen LogP contribution is -2.38. The second kappa shape index (κ2) is 9.40. The normalized spacial score (nSPS) is 15.0. The largest absolute Gasteiger partial charge is 0.381 e. The van der Waals surface area contributed by atoms with Crippen molar-refractivity contribution in [2.75, 3.05) is 26.3 Å². The van der Waals surface area contributed by atoms with Crippen molar-refractivity contribution in [1.29, 1.82) is 0 Å². The summed E-state index contributed by atoms with van der Waals surface area (Å²) in [5.74, 6) is 0.948. The van der Waals surface area contributed by atoms with Crippen LogP contribution >= 0.6 is 0 Å². The fraction of sp³-hybridized carbons (Fsp3) is 0.588. The Bertz CT molecular complexity index is 415. The van der Waals surface area contributed by atoms with Crippen molar-refractivity contribution >= 4 is 5.96 Å². The van der Waals surface area contributed by atoms with E-state index in [0.717, 1.165) is 45.1 Å². The summed E-state index contributed by atoms with van der Waals surface area (Å²) in [4.78, 5) is 4.56. The van der Waals surface area contributed by atoms with Gasteiger partial charge in [0.1, 0.15) is 0 Å². The minimum Gasteiger partial charge on any atom is -0.381 e. The number of aliphatic imine (C=N–C) groups is 1. The lowest BCUT2D eigenvalue weighted by Gasteiger charge is -2.10. The molecule has 0 bridgehead atoms. The molecule has 4 nitrogen and oxygen atoms in total. The average molecular weight is 289 g/mol. The molecule has 116 valence electrons. The zero-order valence-electron chi connectivity index (χ0n) is 13.0. The lowest BCUT2D eigenvalue weighted by atomic mass is 10.2. The first-order valence-corrected chi connectivity index (χ1v) is 8.05. The summed E-state index contributed by atoms with van der Waals surface area (Å²) in [6.45, 7) is 5.38. The van der Waals surface area contributed by atoms with Crippen molar-refractivity contribution in [3.05, 3.63) is 35.9 Å². The Balaban J connectivity index is 1.52. The first-order chi connectivity index (χ1) is 10.4. The molecule has 2 N–H and O–H groups in total. The molecule has 0 unspecified atom stereocenters. The summed E-state index contributed by atoms with van der Waals surface area (Å²) in [6.07, 6.45) is 4.49. The Hall–Kier alpha value is -1.55. The van der Waals surface area contributed by atoms with Gasteiger partial charge in [0.05, 0.1) is 6.61 Å². The second-order valence-corrected chi connectivity index (χ2v) is 5.38. The molecule has 0 aliphatic heterocycles. The van der Waals surface area contributed by atoms with Crippen molar-refractivity contribution in [3.63, 3.8) is 0 Å². The van der Waals surface area contributed by atoms with Gasteiger partial charge >= 0.3 is 0 Å². The van der Waals surface area contributed by atoms with Crippen LogP contribution in [0.4, 0.5) is 0 Å². The Morgan fingerprint density at radius 2 is 2.05 bits per heavy atom. The number of ether oxygens (including phenoxy) is 1. The minimum atomic E-state index is 0.643. The Morgan fingerprint density at radius 1 is 1.24 bits per heavy atom. The van der Waals surface area contributed by atoms with Crippen molar-refractivity contribution in [2.24, 2.45) is 4.99 Å². The number of guanidine groups is 1. The van der Waals surface area contributed by atoms with Crippen molar-refractivity contribution in [1.82, 2.24) is 10.6 Å². The third kappa shape index (κ3) is 7.14. The quantitative estimate of drug-likeness (QED) is 0.417. The van der Waals surface area contributed by atoms with Gasteiger partial charge in [-0.05, 0) is 38.2 Å². The molecule has 0 atom stereocenters. The number of nitrogens with one attached hydrogen (secondary N) is 2. The summed E-state index contributed by atoms with van der Waals surface area (Å²) < 4.78 is 5.66. The summed E-state index contributed by atoms with van der Waals surface area (Å²) >= 11 is 0. The molecule has 1 saturated carbocycles. The molecule has 0 radical (unpaired) electrons. The van der Waals surface area contributed by atoms with Gasteiger partial charge < -0.3 is 15.4 Å². The molecule has 0 aromatic heterocycles. The number of nitrogens with zero attached hydrogens (tertiary/aromatic N) is 1. The third-order valence-corrected chi connectivity index (χ3v) is 3.36. The van der Waals surface area contributed by atoms with Gasteiger partial charge in [0.15, 0.2) is 5.96 Å². The van der Waals surface area contributed by atoms with E-state index in [1.165, 1.54) is 18.4 Å². The van der Waals surface area contributed by atoms with E-state index in [2.05, 4.69) is 46.8 Å². The highest BCUT2D eigenvalue weighted by Crippen LogP contribution is 2.18. The SMILES string of the molecule is CCNC(=NCCCOCCc1ccccc1)NC1CC1. The van der Waals surface area contributed by atoms with Gasteiger partial charge in [-0.25, -0.2) is 0 Å². The van der Waals surface area contributed by atoms with E-state index < -0.39 is 0 Å². The molecule has 1 aromatic rings. The highest BCUT2D eigenvalue weighted by Gasteiger charge is 2.21. The first-order valence-electron chi connectivity index (χ1n) is 8.05. The van der Waals surface area contributed by atoms with E-state index in [9.17, 15) is 0 Å². The third-order valence-electron chi connectivity index (χ3n) is 3.36. The van der Waals surface area contributed by atoms with Crippen LogP contribution in [0.1, 0.15) is 31.7 Å². The molecular formula is C17H27N3O. The van der Waals surface area contributed by atoms with Gasteiger partial charge in [-0.3, -0.25) is 4.99 Å². The van der Waals surface area contributed by atoms with E-state index in [0.29, 0.717) is 6.04 Å². The lowest BCUT2D eigenvalue weighted by molar-refractivity contribution is 0.136. The number of hydrogen-bond acceptors (Lipinski definition) is 2. The van der Waals surface area contributed by atoms with Crippen LogP contribution in [-0.2, 0) is 11.2 Å². The van der Waals surface area contributed by atoms with Crippen LogP contribution in [-0.4, -0.2) is 38.3 Å². The number of rotatable bonds is 9. The van der Waals surface area contributed by atoms with Gasteiger partial charge in [0.2, 0.25) is 0 Å². The minimum absolute atomic E-state index is 0.643. The molecular weight excluding hydrogens is 262 g/mol. The first kappa shape index (κ1) is 15.8. The Kier molecular flexibility index (Phi) is 7.08. The number of hydrogen-bond donors (Lipinski definition) is 2. The standard InChI is InChI=1S/C17H27N3O/c1-2-18-17(20-16-9-10-16)19-12-6-13-21-14-11-15-7-4-3-5-8-15/h3-5,7-8,16H,2,6,9-14H2,1H3,(H2,18,19,20). The van der Waals surface area contributed by atoms with Crippen molar-refractivity contribution in [2.45, 2.75) is 38.6 Å². The molecule has 1 aliphatic rings. The molecule has 1 aromatic carbocycles. The Labute approximate surface area is 128 Å². The predicted molar refractivity (Wildman–Crippen MR) is 87.7 cm³/mol. The zero-order valence-corrected chi connectivity index (χ0v) is 13.0. The van der Waals surface area contributed by atoms with E-state index in [1.54, 1.807) is 0 Å². The maximum absolute atomic E-state index is 5.66. The summed E-state index contributed by atoms with van der Waals surface area (Å²) in [7, 11) is 0.